The van der Waals surface area contributed by atoms with Gasteiger partial charge in [0.25, 0.3) is 5.69 Å². The first kappa shape index (κ1) is 17.0. The minimum absolute atomic E-state index is 0.0541. The van der Waals surface area contributed by atoms with E-state index in [9.17, 15) is 25.1 Å². The lowest BCUT2D eigenvalue weighted by atomic mass is 9.99. The number of carbonyl (C=O) groups excluding carboxylic acids is 1. The fourth-order valence-corrected chi connectivity index (χ4v) is 1.82. The Balaban J connectivity index is 3.12. The van der Waals surface area contributed by atoms with Crippen molar-refractivity contribution in [3.8, 4) is 0 Å². The van der Waals surface area contributed by atoms with Crippen molar-refractivity contribution in [2.24, 2.45) is 0 Å². The van der Waals surface area contributed by atoms with Crippen LogP contribution in [0.25, 0.3) is 0 Å². The van der Waals surface area contributed by atoms with E-state index in [0.717, 1.165) is 19.2 Å². The van der Waals surface area contributed by atoms with Gasteiger partial charge in [-0.3, -0.25) is 10.1 Å². The van der Waals surface area contributed by atoms with Crippen molar-refractivity contribution in [1.29, 1.82) is 0 Å². The molecule has 21 heavy (non-hydrogen) atoms. The maximum Gasteiger partial charge on any atom is 0.338 e. The number of benzene rings is 1. The second-order valence-electron chi connectivity index (χ2n) is 4.47. The summed E-state index contributed by atoms with van der Waals surface area (Å²) in [5.41, 5.74) is -0.317. The van der Waals surface area contributed by atoms with E-state index in [2.05, 4.69) is 10.1 Å². The van der Waals surface area contributed by atoms with Gasteiger partial charge in [0.1, 0.15) is 6.10 Å². The van der Waals surface area contributed by atoms with Gasteiger partial charge in [0.2, 0.25) is 0 Å². The lowest BCUT2D eigenvalue weighted by Crippen LogP contribution is -2.23. The van der Waals surface area contributed by atoms with Crippen LogP contribution in [0.1, 0.15) is 28.4 Å². The average Bonchev–Trinajstić information content (AvgIpc) is 2.50. The molecule has 2 unspecified atom stereocenters. The Labute approximate surface area is 121 Å². The van der Waals surface area contributed by atoms with Crippen molar-refractivity contribution < 1.29 is 24.7 Å². The van der Waals surface area contributed by atoms with Gasteiger partial charge in [-0.05, 0) is 31.6 Å². The molecule has 0 heterocycles. The van der Waals surface area contributed by atoms with Gasteiger partial charge in [-0.2, -0.15) is 0 Å². The summed E-state index contributed by atoms with van der Waals surface area (Å²) in [5.74, 6) is -0.753. The third-order valence-corrected chi connectivity index (χ3v) is 2.97. The number of esters is 1. The molecule has 116 valence electrons. The summed E-state index contributed by atoms with van der Waals surface area (Å²) >= 11 is 0. The van der Waals surface area contributed by atoms with Crippen LogP contribution in [-0.2, 0) is 4.74 Å². The summed E-state index contributed by atoms with van der Waals surface area (Å²) in [5, 5.41) is 33.6. The van der Waals surface area contributed by atoms with E-state index in [1.807, 2.05) is 0 Å². The van der Waals surface area contributed by atoms with Gasteiger partial charge in [-0.15, -0.1) is 0 Å². The van der Waals surface area contributed by atoms with Crippen LogP contribution in [0.2, 0.25) is 0 Å². The number of nitrogens with zero attached hydrogens (tertiary/aromatic N) is 1. The second kappa shape index (κ2) is 7.67. The Morgan fingerprint density at radius 3 is 2.62 bits per heavy atom. The van der Waals surface area contributed by atoms with Crippen LogP contribution in [-0.4, -0.2) is 47.9 Å². The van der Waals surface area contributed by atoms with Crippen LogP contribution in [0, 0.1) is 10.1 Å². The topological polar surface area (TPSA) is 122 Å². The van der Waals surface area contributed by atoms with E-state index < -0.39 is 23.1 Å². The number of rotatable bonds is 7. The van der Waals surface area contributed by atoms with Crippen molar-refractivity contribution in [2.45, 2.75) is 18.6 Å². The molecule has 8 nitrogen and oxygen atoms in total. The second-order valence-corrected chi connectivity index (χ2v) is 4.47. The van der Waals surface area contributed by atoms with Crippen LogP contribution in [0.5, 0.6) is 0 Å². The molecule has 0 bridgehead atoms. The maximum atomic E-state index is 11.5. The van der Waals surface area contributed by atoms with Gasteiger partial charge in [0, 0.05) is 12.1 Å². The van der Waals surface area contributed by atoms with Crippen LogP contribution in [0.3, 0.4) is 0 Å². The molecule has 0 aliphatic heterocycles. The highest BCUT2D eigenvalue weighted by atomic mass is 16.6. The highest BCUT2D eigenvalue weighted by molar-refractivity contribution is 5.90. The zero-order valence-corrected chi connectivity index (χ0v) is 11.8. The quantitative estimate of drug-likeness (QED) is 0.378. The van der Waals surface area contributed by atoms with E-state index >= 15 is 0 Å². The molecule has 0 saturated heterocycles. The van der Waals surface area contributed by atoms with Crippen molar-refractivity contribution in [3.05, 3.63) is 39.4 Å². The molecule has 0 amide bonds. The molecule has 0 radical (unpaired) electrons. The molecule has 0 spiro atoms. The Morgan fingerprint density at radius 2 is 2.10 bits per heavy atom. The molecule has 0 fully saturated rings. The Hall–Kier alpha value is -2.03. The number of nitro groups is 1. The molecule has 0 aliphatic carbocycles. The third-order valence-electron chi connectivity index (χ3n) is 2.97. The van der Waals surface area contributed by atoms with Crippen LogP contribution < -0.4 is 5.32 Å². The van der Waals surface area contributed by atoms with Crippen molar-refractivity contribution in [1.82, 2.24) is 5.32 Å². The number of aliphatic hydroxyl groups is 2. The number of hydrogen-bond acceptors (Lipinski definition) is 7. The van der Waals surface area contributed by atoms with Crippen LogP contribution >= 0.6 is 0 Å². The van der Waals surface area contributed by atoms with Gasteiger partial charge in [-0.25, -0.2) is 4.79 Å². The minimum atomic E-state index is -1.33. The molecule has 2 atom stereocenters. The monoisotopic (exact) mass is 298 g/mol. The molecule has 0 saturated carbocycles. The lowest BCUT2D eigenvalue weighted by molar-refractivity contribution is -0.385. The number of nitrogens with one attached hydrogen (secondary N) is 1. The smallest absolute Gasteiger partial charge is 0.338 e. The number of methoxy groups -OCH3 is 1. The van der Waals surface area contributed by atoms with Crippen molar-refractivity contribution in [3.63, 3.8) is 0 Å². The van der Waals surface area contributed by atoms with E-state index in [1.165, 1.54) is 6.07 Å². The largest absolute Gasteiger partial charge is 0.465 e. The predicted molar refractivity (Wildman–Crippen MR) is 73.9 cm³/mol. The highest BCUT2D eigenvalue weighted by Gasteiger charge is 2.23. The van der Waals surface area contributed by atoms with Gasteiger partial charge in [0.05, 0.1) is 23.7 Å². The number of carbonyl (C=O) groups is 1. The molecule has 1 rings (SSSR count). The van der Waals surface area contributed by atoms with Gasteiger partial charge < -0.3 is 20.3 Å². The van der Waals surface area contributed by atoms with Crippen LogP contribution in [0.4, 0.5) is 5.69 Å². The molecule has 1 aromatic rings. The van der Waals surface area contributed by atoms with E-state index in [4.69, 9.17) is 0 Å². The number of aliphatic hydroxyl groups excluding tert-OH is 2. The van der Waals surface area contributed by atoms with Gasteiger partial charge in [-0.1, -0.05) is 0 Å². The number of nitro benzene ring substituents is 1. The molecule has 3 N–H and O–H groups in total. The summed E-state index contributed by atoms with van der Waals surface area (Å²) in [6.07, 6.45) is -2.18. The molecular weight excluding hydrogens is 280 g/mol. The standard InChI is InChI=1S/C13H18N2O6/c1-14-4-3-11(16)12(17)8-5-9(13(18)21-2)7-10(6-8)15(19)20/h5-7,11-12,14,16-17H,3-4H2,1-2H3. The maximum absolute atomic E-state index is 11.5. The Bertz CT molecular complexity index is 519. The predicted octanol–water partition coefficient (Wildman–Crippen LogP) is 0.385. The summed E-state index contributed by atoms with van der Waals surface area (Å²) in [4.78, 5) is 21.7. The van der Waals surface area contributed by atoms with Crippen molar-refractivity contribution in [2.75, 3.05) is 20.7 Å². The Kier molecular flexibility index (Phi) is 6.22. The Morgan fingerprint density at radius 1 is 1.43 bits per heavy atom. The molecule has 1 aromatic carbocycles. The van der Waals surface area contributed by atoms with Gasteiger partial charge in [0.15, 0.2) is 0 Å². The summed E-state index contributed by atoms with van der Waals surface area (Å²) in [6.45, 7) is 0.469. The van der Waals surface area contributed by atoms with E-state index in [1.54, 1.807) is 7.05 Å². The molecule has 0 aromatic heterocycles. The average molecular weight is 298 g/mol. The molecule has 0 aliphatic rings. The SMILES string of the molecule is CNCCC(O)C(O)c1cc(C(=O)OC)cc([N+](=O)[O-])c1. The first-order valence-electron chi connectivity index (χ1n) is 6.29. The number of non-ortho nitro benzene ring substituents is 1. The normalized spacial score (nSPS) is 13.5. The zero-order valence-electron chi connectivity index (χ0n) is 11.8. The number of ether oxygens (including phenoxy) is 1. The fraction of sp³-hybridized carbons (Fsp3) is 0.462. The molecule has 8 heteroatoms. The fourth-order valence-electron chi connectivity index (χ4n) is 1.82. The number of hydrogen-bond donors (Lipinski definition) is 3. The summed E-state index contributed by atoms with van der Waals surface area (Å²) in [6, 6.07) is 3.45. The summed E-state index contributed by atoms with van der Waals surface area (Å²) < 4.78 is 4.52. The highest BCUT2D eigenvalue weighted by Crippen LogP contribution is 2.25. The third kappa shape index (κ3) is 4.48. The first-order chi connectivity index (χ1) is 9.90. The zero-order chi connectivity index (χ0) is 16.0. The molecular formula is C13H18N2O6. The van der Waals surface area contributed by atoms with Crippen molar-refractivity contribution >= 4 is 11.7 Å². The summed E-state index contributed by atoms with van der Waals surface area (Å²) in [7, 11) is 2.85. The van der Waals surface area contributed by atoms with E-state index in [-0.39, 0.29) is 23.2 Å². The van der Waals surface area contributed by atoms with E-state index in [0.29, 0.717) is 6.54 Å². The van der Waals surface area contributed by atoms with Crippen LogP contribution in [0.15, 0.2) is 18.2 Å². The first-order valence-corrected chi connectivity index (χ1v) is 6.29. The minimum Gasteiger partial charge on any atom is -0.465 e. The lowest BCUT2D eigenvalue weighted by Gasteiger charge is -2.18. The van der Waals surface area contributed by atoms with Gasteiger partial charge >= 0.3 is 5.97 Å².